The van der Waals surface area contributed by atoms with Gasteiger partial charge in [0.05, 0.1) is 0 Å². The van der Waals surface area contributed by atoms with E-state index in [0.29, 0.717) is 11.3 Å². The Morgan fingerprint density at radius 3 is 2.41 bits per heavy atom. The van der Waals surface area contributed by atoms with Gasteiger partial charge in [-0.2, -0.15) is 13.2 Å². The van der Waals surface area contributed by atoms with Crippen molar-refractivity contribution in [3.8, 4) is 0 Å². The molecule has 0 radical (unpaired) electrons. The molecule has 3 nitrogen and oxygen atoms in total. The second kappa shape index (κ2) is 5.07. The molecule has 0 aromatic heterocycles. The van der Waals surface area contributed by atoms with Crippen molar-refractivity contribution in [3.63, 3.8) is 0 Å². The maximum atomic E-state index is 12.4. The number of anilines is 1. The molecule has 0 unspecified atom stereocenters. The van der Waals surface area contributed by atoms with E-state index in [1.807, 2.05) is 0 Å². The third-order valence-corrected chi connectivity index (χ3v) is 2.29. The lowest BCUT2D eigenvalue weighted by Crippen LogP contribution is -2.35. The maximum Gasteiger partial charge on any atom is 0.405 e. The molecule has 94 valence electrons. The number of nitrogens with zero attached hydrogens (tertiary/aromatic N) is 1. The highest BCUT2D eigenvalue weighted by Gasteiger charge is 2.31. The lowest BCUT2D eigenvalue weighted by Gasteiger charge is -2.26. The summed E-state index contributed by atoms with van der Waals surface area (Å²) in [6, 6.07) is 6.34. The molecule has 1 aromatic carbocycles. The van der Waals surface area contributed by atoms with Crippen LogP contribution in [0.5, 0.6) is 0 Å². The second-order valence-corrected chi connectivity index (χ2v) is 3.56. The van der Waals surface area contributed by atoms with Crippen molar-refractivity contribution in [2.45, 2.75) is 13.1 Å². The van der Waals surface area contributed by atoms with E-state index in [9.17, 15) is 13.2 Å². The zero-order valence-electron chi connectivity index (χ0n) is 9.38. The molecule has 1 aromatic rings. The Hall–Kier alpha value is -1.72. The fraction of sp³-hybridized carbons (Fsp3) is 0.364. The molecule has 6 heteroatoms. The Balaban J connectivity index is 3.07. The van der Waals surface area contributed by atoms with Crippen LogP contribution in [0.2, 0.25) is 0 Å². The van der Waals surface area contributed by atoms with Gasteiger partial charge >= 0.3 is 6.18 Å². The molecule has 0 aliphatic rings. The molecule has 0 saturated heterocycles. The molecule has 0 fully saturated rings. The molecule has 0 atom stereocenters. The smallest absolute Gasteiger partial charge is 0.384 e. The van der Waals surface area contributed by atoms with Gasteiger partial charge in [0.25, 0.3) is 0 Å². The summed E-state index contributed by atoms with van der Waals surface area (Å²) >= 11 is 0. The Bertz CT molecular complexity index is 401. The first kappa shape index (κ1) is 13.3. The van der Waals surface area contributed by atoms with Crippen LogP contribution >= 0.6 is 0 Å². The highest BCUT2D eigenvalue weighted by atomic mass is 19.4. The molecule has 0 aliphatic carbocycles. The van der Waals surface area contributed by atoms with Crippen LogP contribution in [0.4, 0.5) is 18.9 Å². The van der Waals surface area contributed by atoms with Crippen molar-refractivity contribution in [3.05, 3.63) is 29.8 Å². The van der Waals surface area contributed by atoms with Crippen LogP contribution in [0.1, 0.15) is 12.5 Å². The maximum absolute atomic E-state index is 12.4. The average molecular weight is 245 g/mol. The molecule has 0 saturated carbocycles. The number of nitrogens with two attached hydrogens (primary N) is 1. The van der Waals surface area contributed by atoms with Crippen LogP contribution in [0.3, 0.4) is 0 Å². The molecule has 0 amide bonds. The van der Waals surface area contributed by atoms with Gasteiger partial charge in [-0.05, 0) is 19.1 Å². The fourth-order valence-corrected chi connectivity index (χ4v) is 1.56. The summed E-state index contributed by atoms with van der Waals surface area (Å²) in [5, 5.41) is 7.35. The van der Waals surface area contributed by atoms with Crippen molar-refractivity contribution in [1.29, 1.82) is 5.41 Å². The van der Waals surface area contributed by atoms with Gasteiger partial charge in [0.1, 0.15) is 12.4 Å². The number of hydrogen-bond donors (Lipinski definition) is 2. The number of hydrogen-bond acceptors (Lipinski definition) is 2. The zero-order valence-corrected chi connectivity index (χ0v) is 9.38. The van der Waals surface area contributed by atoms with Crippen LogP contribution in [-0.2, 0) is 0 Å². The van der Waals surface area contributed by atoms with Crippen molar-refractivity contribution in [2.24, 2.45) is 5.73 Å². The highest BCUT2D eigenvalue weighted by molar-refractivity contribution is 6.00. The first-order valence-corrected chi connectivity index (χ1v) is 5.10. The van der Waals surface area contributed by atoms with Gasteiger partial charge in [-0.25, -0.2) is 0 Å². The summed E-state index contributed by atoms with van der Waals surface area (Å²) < 4.78 is 37.2. The van der Waals surface area contributed by atoms with Gasteiger partial charge in [0.2, 0.25) is 0 Å². The Labute approximate surface area is 97.5 Å². The third-order valence-electron chi connectivity index (χ3n) is 2.29. The first-order chi connectivity index (χ1) is 7.85. The standard InChI is InChI=1S/C11H14F3N3/c1-2-17(7-11(12,13)14)9-6-4-3-5-8(9)10(15)16/h3-6H,2,7H2,1H3,(H3,15,16). The van der Waals surface area contributed by atoms with Crippen molar-refractivity contribution in [2.75, 3.05) is 18.0 Å². The van der Waals surface area contributed by atoms with Crippen molar-refractivity contribution >= 4 is 11.5 Å². The van der Waals surface area contributed by atoms with Gasteiger partial charge in [-0.15, -0.1) is 0 Å². The summed E-state index contributed by atoms with van der Waals surface area (Å²) in [6.45, 7) is 0.778. The van der Waals surface area contributed by atoms with E-state index in [1.165, 1.54) is 12.1 Å². The number of rotatable bonds is 4. The van der Waals surface area contributed by atoms with Crippen LogP contribution in [-0.4, -0.2) is 25.1 Å². The average Bonchev–Trinajstić information content (AvgIpc) is 2.24. The quantitative estimate of drug-likeness (QED) is 0.632. The van der Waals surface area contributed by atoms with Crippen LogP contribution in [0, 0.1) is 5.41 Å². The Kier molecular flexibility index (Phi) is 3.98. The monoisotopic (exact) mass is 245 g/mol. The number of alkyl halides is 3. The van der Waals surface area contributed by atoms with E-state index in [4.69, 9.17) is 11.1 Å². The minimum atomic E-state index is -4.28. The number of halogens is 3. The predicted molar refractivity (Wildman–Crippen MR) is 61.4 cm³/mol. The van der Waals surface area contributed by atoms with E-state index >= 15 is 0 Å². The first-order valence-electron chi connectivity index (χ1n) is 5.10. The zero-order chi connectivity index (χ0) is 13.1. The minimum absolute atomic E-state index is 0.198. The lowest BCUT2D eigenvalue weighted by molar-refractivity contribution is -0.119. The minimum Gasteiger partial charge on any atom is -0.384 e. The number of nitrogens with one attached hydrogen (secondary N) is 1. The molecule has 0 heterocycles. The second-order valence-electron chi connectivity index (χ2n) is 3.56. The van der Waals surface area contributed by atoms with Gasteiger partial charge in [0.15, 0.2) is 0 Å². The van der Waals surface area contributed by atoms with Crippen molar-refractivity contribution < 1.29 is 13.2 Å². The van der Waals surface area contributed by atoms with Crippen LogP contribution < -0.4 is 10.6 Å². The molecule has 17 heavy (non-hydrogen) atoms. The largest absolute Gasteiger partial charge is 0.405 e. The SMILES string of the molecule is CCN(CC(F)(F)F)c1ccccc1C(=N)N. The lowest BCUT2D eigenvalue weighted by atomic mass is 10.1. The normalized spacial score (nSPS) is 11.3. The summed E-state index contributed by atoms with van der Waals surface area (Å²) in [7, 11) is 0. The molecule has 0 spiro atoms. The predicted octanol–water partition coefficient (Wildman–Crippen LogP) is 2.36. The van der Waals surface area contributed by atoms with Crippen LogP contribution in [0.25, 0.3) is 0 Å². The molecular weight excluding hydrogens is 231 g/mol. The van der Waals surface area contributed by atoms with E-state index in [1.54, 1.807) is 19.1 Å². The number of benzene rings is 1. The highest BCUT2D eigenvalue weighted by Crippen LogP contribution is 2.24. The van der Waals surface area contributed by atoms with Crippen molar-refractivity contribution in [1.82, 2.24) is 0 Å². The summed E-state index contributed by atoms with van der Waals surface area (Å²) in [4.78, 5) is 1.15. The summed E-state index contributed by atoms with van der Waals surface area (Å²) in [5.74, 6) is -0.235. The van der Waals surface area contributed by atoms with Gasteiger partial charge in [-0.3, -0.25) is 5.41 Å². The van der Waals surface area contributed by atoms with Gasteiger partial charge in [0, 0.05) is 17.8 Å². The van der Waals surface area contributed by atoms with Gasteiger partial charge < -0.3 is 10.6 Å². The van der Waals surface area contributed by atoms with E-state index < -0.39 is 12.7 Å². The van der Waals surface area contributed by atoms with Crippen LogP contribution in [0.15, 0.2) is 24.3 Å². The number of para-hydroxylation sites is 1. The number of nitrogen functional groups attached to an aromatic ring is 1. The van der Waals surface area contributed by atoms with E-state index in [0.717, 1.165) is 4.90 Å². The summed E-state index contributed by atoms with van der Waals surface area (Å²) in [6.07, 6.45) is -4.28. The third kappa shape index (κ3) is 3.65. The molecular formula is C11H14F3N3. The molecule has 0 bridgehead atoms. The Morgan fingerprint density at radius 1 is 1.35 bits per heavy atom. The fourth-order valence-electron chi connectivity index (χ4n) is 1.56. The van der Waals surface area contributed by atoms with E-state index in [2.05, 4.69) is 0 Å². The summed E-state index contributed by atoms with van der Waals surface area (Å²) in [5.41, 5.74) is 6.00. The molecule has 3 N–H and O–H groups in total. The van der Waals surface area contributed by atoms with E-state index in [-0.39, 0.29) is 12.4 Å². The number of amidine groups is 1. The topological polar surface area (TPSA) is 53.1 Å². The molecule has 0 aliphatic heterocycles. The Morgan fingerprint density at radius 2 is 1.94 bits per heavy atom. The molecule has 1 rings (SSSR count). The van der Waals surface area contributed by atoms with Gasteiger partial charge in [-0.1, -0.05) is 12.1 Å².